The molecular weight excluding hydrogens is 458 g/mol. The van der Waals surface area contributed by atoms with Crippen LogP contribution in [0.4, 0.5) is 5.69 Å². The van der Waals surface area contributed by atoms with Gasteiger partial charge in [0.05, 0.1) is 17.5 Å². The van der Waals surface area contributed by atoms with Crippen molar-refractivity contribution in [2.45, 2.75) is 18.8 Å². The highest BCUT2D eigenvalue weighted by atomic mass is 16.5. The molecule has 0 bridgehead atoms. The van der Waals surface area contributed by atoms with Gasteiger partial charge >= 0.3 is 0 Å². The second-order valence-corrected chi connectivity index (χ2v) is 9.73. The van der Waals surface area contributed by atoms with Crippen molar-refractivity contribution in [3.8, 4) is 11.5 Å². The minimum Gasteiger partial charge on any atom is -0.457 e. The molecule has 37 heavy (non-hydrogen) atoms. The molecule has 1 fully saturated rings. The number of carbonyl (C=O) groups excluding carboxylic acids is 2. The molecule has 0 saturated carbocycles. The Labute approximate surface area is 216 Å². The maximum absolute atomic E-state index is 14.0. The molecular formula is C33H27NO3. The van der Waals surface area contributed by atoms with Crippen LogP contribution in [0.1, 0.15) is 28.5 Å². The van der Waals surface area contributed by atoms with Crippen molar-refractivity contribution < 1.29 is 14.3 Å². The number of aryl methyl sites for hydroxylation is 1. The van der Waals surface area contributed by atoms with Crippen LogP contribution >= 0.6 is 0 Å². The summed E-state index contributed by atoms with van der Waals surface area (Å²) in [5.41, 5.74) is 3.77. The zero-order valence-electron chi connectivity index (χ0n) is 20.5. The first-order valence-corrected chi connectivity index (χ1v) is 12.6. The Kier molecular flexibility index (Phi) is 5.93. The second kappa shape index (κ2) is 9.55. The first-order chi connectivity index (χ1) is 18.1. The summed E-state index contributed by atoms with van der Waals surface area (Å²) in [6, 6.07) is 35.0. The van der Waals surface area contributed by atoms with E-state index in [0.717, 1.165) is 22.4 Å². The van der Waals surface area contributed by atoms with Gasteiger partial charge in [0, 0.05) is 11.8 Å². The van der Waals surface area contributed by atoms with Crippen LogP contribution in [-0.2, 0) is 9.59 Å². The van der Waals surface area contributed by atoms with Gasteiger partial charge in [-0.25, -0.2) is 4.90 Å². The molecule has 4 atom stereocenters. The SMILES string of the molecule is Cc1cccc(Oc2ccc(N3C(=O)[C@@H]4[C@H](C3=O)[C@H](c3ccccc3)C=C[C@H]4c3ccccc3)cc2)c1. The van der Waals surface area contributed by atoms with E-state index in [9.17, 15) is 9.59 Å². The Morgan fingerprint density at radius 3 is 1.65 bits per heavy atom. The highest BCUT2D eigenvalue weighted by Crippen LogP contribution is 2.50. The van der Waals surface area contributed by atoms with Gasteiger partial charge in [0.1, 0.15) is 11.5 Å². The number of anilines is 1. The number of amides is 2. The molecule has 1 aliphatic carbocycles. The molecule has 0 aromatic heterocycles. The molecule has 4 aromatic carbocycles. The average Bonchev–Trinajstić information content (AvgIpc) is 3.20. The van der Waals surface area contributed by atoms with Crippen LogP contribution in [0.25, 0.3) is 0 Å². The molecule has 2 aliphatic rings. The summed E-state index contributed by atoms with van der Waals surface area (Å²) in [5.74, 6) is -0.149. The molecule has 0 spiro atoms. The molecule has 2 amide bonds. The van der Waals surface area contributed by atoms with Crippen LogP contribution in [0.15, 0.2) is 121 Å². The number of nitrogens with zero attached hydrogens (tertiary/aromatic N) is 1. The Morgan fingerprint density at radius 2 is 1.14 bits per heavy atom. The van der Waals surface area contributed by atoms with Gasteiger partial charge in [-0.2, -0.15) is 0 Å². The summed E-state index contributed by atoms with van der Waals surface area (Å²) in [4.78, 5) is 29.3. The fraction of sp³-hybridized carbons (Fsp3) is 0.152. The number of ether oxygens (including phenoxy) is 1. The number of benzene rings is 4. The van der Waals surface area contributed by atoms with Gasteiger partial charge in [-0.1, -0.05) is 84.9 Å². The molecule has 0 radical (unpaired) electrons. The summed E-state index contributed by atoms with van der Waals surface area (Å²) >= 11 is 0. The van der Waals surface area contributed by atoms with Crippen LogP contribution in [0.2, 0.25) is 0 Å². The van der Waals surface area contributed by atoms with Crippen LogP contribution < -0.4 is 9.64 Å². The predicted octanol–water partition coefficient (Wildman–Crippen LogP) is 7.03. The van der Waals surface area contributed by atoms with Gasteiger partial charge < -0.3 is 4.74 Å². The third-order valence-corrected chi connectivity index (χ3v) is 7.39. The van der Waals surface area contributed by atoms with Crippen LogP contribution in [-0.4, -0.2) is 11.8 Å². The summed E-state index contributed by atoms with van der Waals surface area (Å²) in [5, 5.41) is 0. The maximum Gasteiger partial charge on any atom is 0.238 e. The van der Waals surface area contributed by atoms with E-state index in [1.807, 2.05) is 104 Å². The van der Waals surface area contributed by atoms with E-state index in [1.54, 1.807) is 12.1 Å². The lowest BCUT2D eigenvalue weighted by Crippen LogP contribution is -2.31. The lowest BCUT2D eigenvalue weighted by Gasteiger charge is -2.32. The van der Waals surface area contributed by atoms with Gasteiger partial charge in [0.2, 0.25) is 11.8 Å². The third kappa shape index (κ3) is 4.25. The van der Waals surface area contributed by atoms with Crippen molar-refractivity contribution in [2.24, 2.45) is 11.8 Å². The van der Waals surface area contributed by atoms with E-state index >= 15 is 0 Å². The van der Waals surface area contributed by atoms with E-state index < -0.39 is 11.8 Å². The molecule has 0 unspecified atom stereocenters. The molecule has 6 rings (SSSR count). The molecule has 4 aromatic rings. The van der Waals surface area contributed by atoms with Gasteiger partial charge in [0.25, 0.3) is 0 Å². The Hall–Kier alpha value is -4.44. The average molecular weight is 486 g/mol. The third-order valence-electron chi connectivity index (χ3n) is 7.39. The Morgan fingerprint density at radius 1 is 0.595 bits per heavy atom. The van der Waals surface area contributed by atoms with Gasteiger partial charge in [-0.3, -0.25) is 9.59 Å². The smallest absolute Gasteiger partial charge is 0.238 e. The number of fused-ring (bicyclic) bond motifs is 1. The largest absolute Gasteiger partial charge is 0.457 e. The molecule has 4 nitrogen and oxygen atoms in total. The van der Waals surface area contributed by atoms with Crippen LogP contribution in [0.3, 0.4) is 0 Å². The van der Waals surface area contributed by atoms with Crippen molar-refractivity contribution in [1.29, 1.82) is 0 Å². The first kappa shape index (κ1) is 23.0. The van der Waals surface area contributed by atoms with Crippen molar-refractivity contribution in [3.05, 3.63) is 138 Å². The quantitative estimate of drug-likeness (QED) is 0.225. The number of carbonyl (C=O) groups is 2. The minimum absolute atomic E-state index is 0.151. The summed E-state index contributed by atoms with van der Waals surface area (Å²) in [6.45, 7) is 2.01. The van der Waals surface area contributed by atoms with Gasteiger partial charge in [-0.15, -0.1) is 0 Å². The number of imide groups is 1. The first-order valence-electron chi connectivity index (χ1n) is 12.6. The zero-order chi connectivity index (χ0) is 25.4. The van der Waals surface area contributed by atoms with E-state index in [4.69, 9.17) is 4.74 Å². The minimum atomic E-state index is -0.465. The molecule has 1 heterocycles. The summed E-state index contributed by atoms with van der Waals surface area (Å²) < 4.78 is 5.98. The highest BCUT2D eigenvalue weighted by Gasteiger charge is 2.55. The van der Waals surface area contributed by atoms with E-state index in [0.29, 0.717) is 11.4 Å². The molecule has 0 N–H and O–H groups in total. The second-order valence-electron chi connectivity index (χ2n) is 9.73. The highest BCUT2D eigenvalue weighted by molar-refractivity contribution is 6.23. The predicted molar refractivity (Wildman–Crippen MR) is 145 cm³/mol. The molecule has 182 valence electrons. The fourth-order valence-corrected chi connectivity index (χ4v) is 5.67. The Balaban J connectivity index is 1.34. The van der Waals surface area contributed by atoms with E-state index in [-0.39, 0.29) is 23.7 Å². The van der Waals surface area contributed by atoms with Crippen LogP contribution in [0, 0.1) is 18.8 Å². The molecule has 4 heteroatoms. The maximum atomic E-state index is 14.0. The Bertz CT molecular complexity index is 1390. The topological polar surface area (TPSA) is 46.6 Å². The summed E-state index contributed by atoms with van der Waals surface area (Å²) in [7, 11) is 0. The summed E-state index contributed by atoms with van der Waals surface area (Å²) in [6.07, 6.45) is 4.23. The van der Waals surface area contributed by atoms with Gasteiger partial charge in [-0.05, 0) is 60.0 Å². The number of hydrogen-bond donors (Lipinski definition) is 0. The van der Waals surface area contributed by atoms with Crippen LogP contribution in [0.5, 0.6) is 11.5 Å². The number of rotatable bonds is 5. The molecule has 1 saturated heterocycles. The van der Waals surface area contributed by atoms with Crippen molar-refractivity contribution >= 4 is 17.5 Å². The van der Waals surface area contributed by atoms with Crippen molar-refractivity contribution in [1.82, 2.24) is 0 Å². The normalized spacial score (nSPS) is 22.7. The van der Waals surface area contributed by atoms with Gasteiger partial charge in [0.15, 0.2) is 0 Å². The zero-order valence-corrected chi connectivity index (χ0v) is 20.5. The monoisotopic (exact) mass is 485 g/mol. The van der Waals surface area contributed by atoms with E-state index in [1.165, 1.54) is 4.90 Å². The van der Waals surface area contributed by atoms with Crippen molar-refractivity contribution in [2.75, 3.05) is 4.90 Å². The van der Waals surface area contributed by atoms with Crippen molar-refractivity contribution in [3.63, 3.8) is 0 Å². The standard InChI is InChI=1S/C33H27NO3/c1-22-9-8-14-27(21-22)37-26-17-15-25(16-18-26)34-32(35)30-28(23-10-4-2-5-11-23)19-20-29(31(30)33(34)36)24-12-6-3-7-13-24/h2-21,28-31H,1H3/t28-,29-,30-,31+/m0/s1. The lowest BCUT2D eigenvalue weighted by atomic mass is 9.68. The molecule has 1 aliphatic heterocycles. The lowest BCUT2D eigenvalue weighted by molar-refractivity contribution is -0.122. The fourth-order valence-electron chi connectivity index (χ4n) is 5.67. The number of allylic oxidation sites excluding steroid dienone is 2. The van der Waals surface area contributed by atoms with E-state index in [2.05, 4.69) is 12.2 Å². The number of hydrogen-bond acceptors (Lipinski definition) is 3.